The largest absolute Gasteiger partial charge is 0.558 e. The summed E-state index contributed by atoms with van der Waals surface area (Å²) in [5.74, 6) is 0. The van der Waals surface area contributed by atoms with Crippen LogP contribution in [0.2, 0.25) is 0 Å². The van der Waals surface area contributed by atoms with Gasteiger partial charge in [-0.2, -0.15) is 5.09 Å². The van der Waals surface area contributed by atoms with E-state index in [1.807, 2.05) is 0 Å². The van der Waals surface area contributed by atoms with E-state index in [1.165, 1.54) is 12.8 Å². The van der Waals surface area contributed by atoms with Gasteiger partial charge >= 0.3 is 8.10 Å². The van der Waals surface area contributed by atoms with Crippen LogP contribution in [0, 0.1) is 0 Å². The first-order valence-corrected chi connectivity index (χ1v) is 4.79. The van der Waals surface area contributed by atoms with Crippen molar-refractivity contribution >= 4 is 8.10 Å². The van der Waals surface area contributed by atoms with Crippen LogP contribution in [0.1, 0.15) is 25.7 Å². The van der Waals surface area contributed by atoms with Gasteiger partial charge in [0.2, 0.25) is 0 Å². The highest BCUT2D eigenvalue weighted by Gasteiger charge is 2.11. The second-order valence-corrected chi connectivity index (χ2v) is 3.29. The number of hydrogen-bond acceptors (Lipinski definition) is 1. The van der Waals surface area contributed by atoms with Crippen LogP contribution < -0.4 is 10.6 Å². The molecule has 3 N–H and O–H groups in total. The van der Waals surface area contributed by atoms with Crippen molar-refractivity contribution in [3.63, 3.8) is 0 Å². The van der Waals surface area contributed by atoms with Crippen LogP contribution in [0.4, 0.5) is 0 Å². The maximum Gasteiger partial charge on any atom is 0.558 e. The number of hydrogen-bond donors (Lipinski definition) is 2. The molecule has 0 saturated carbocycles. The van der Waals surface area contributed by atoms with Gasteiger partial charge in [0.1, 0.15) is 0 Å². The Morgan fingerprint density at radius 1 is 1.60 bits per heavy atom. The molecule has 3 nitrogen and oxygen atoms in total. The van der Waals surface area contributed by atoms with Crippen LogP contribution in [0.15, 0.2) is 11.8 Å². The summed E-state index contributed by atoms with van der Waals surface area (Å²) in [6, 6.07) is 0. The minimum atomic E-state index is -1.69. The lowest BCUT2D eigenvalue weighted by Gasteiger charge is -2.07. The maximum atomic E-state index is 10.5. The molecule has 0 spiro atoms. The molecular formula is C6H12N2OP+. The van der Waals surface area contributed by atoms with Crippen molar-refractivity contribution in [1.82, 2.24) is 5.09 Å². The highest BCUT2D eigenvalue weighted by atomic mass is 31.1. The number of rotatable bonds is 2. The summed E-state index contributed by atoms with van der Waals surface area (Å²) in [6.07, 6.45) is 6.59. The molecule has 0 aromatic rings. The lowest BCUT2D eigenvalue weighted by Crippen LogP contribution is -2.09. The second kappa shape index (κ2) is 3.69. The number of allylic oxidation sites excluding steroid dienone is 2. The van der Waals surface area contributed by atoms with E-state index in [4.69, 9.17) is 5.50 Å². The van der Waals surface area contributed by atoms with Gasteiger partial charge in [-0.1, -0.05) is 11.6 Å². The molecule has 4 heteroatoms. The highest BCUT2D eigenvalue weighted by Crippen LogP contribution is 2.18. The lowest BCUT2D eigenvalue weighted by molar-refractivity contribution is 0.580. The van der Waals surface area contributed by atoms with Crippen molar-refractivity contribution in [3.05, 3.63) is 11.8 Å². The molecule has 0 fully saturated rings. The maximum absolute atomic E-state index is 10.5. The summed E-state index contributed by atoms with van der Waals surface area (Å²) >= 11 is 0. The molecular weight excluding hydrogens is 147 g/mol. The Balaban J connectivity index is 2.38. The summed E-state index contributed by atoms with van der Waals surface area (Å²) < 4.78 is 10.5. The molecule has 56 valence electrons. The average Bonchev–Trinajstić information content (AvgIpc) is 1.88. The van der Waals surface area contributed by atoms with Crippen molar-refractivity contribution < 1.29 is 4.57 Å². The van der Waals surface area contributed by atoms with Gasteiger partial charge in [-0.15, -0.1) is 0 Å². The third kappa shape index (κ3) is 2.46. The van der Waals surface area contributed by atoms with Gasteiger partial charge in [0.15, 0.2) is 0 Å². The van der Waals surface area contributed by atoms with E-state index in [0.29, 0.717) is 0 Å². The van der Waals surface area contributed by atoms with Crippen LogP contribution in [0.5, 0.6) is 0 Å². The minimum absolute atomic E-state index is 0.998. The summed E-state index contributed by atoms with van der Waals surface area (Å²) in [4.78, 5) is 0. The van der Waals surface area contributed by atoms with Crippen molar-refractivity contribution in [1.29, 1.82) is 0 Å². The molecule has 0 heterocycles. The minimum Gasteiger partial charge on any atom is -0.167 e. The van der Waals surface area contributed by atoms with Crippen LogP contribution in [-0.4, -0.2) is 0 Å². The van der Waals surface area contributed by atoms with Crippen molar-refractivity contribution in [3.8, 4) is 0 Å². The Morgan fingerprint density at radius 3 is 2.90 bits per heavy atom. The van der Waals surface area contributed by atoms with Gasteiger partial charge < -0.3 is 0 Å². The second-order valence-electron chi connectivity index (χ2n) is 2.41. The van der Waals surface area contributed by atoms with Gasteiger partial charge in [0.25, 0.3) is 0 Å². The van der Waals surface area contributed by atoms with Crippen molar-refractivity contribution in [2.24, 2.45) is 5.50 Å². The Morgan fingerprint density at radius 2 is 2.40 bits per heavy atom. The highest BCUT2D eigenvalue weighted by molar-refractivity contribution is 7.39. The normalized spacial score (nSPS) is 19.7. The summed E-state index contributed by atoms with van der Waals surface area (Å²) in [7, 11) is -1.69. The molecule has 0 aromatic heterocycles. The zero-order chi connectivity index (χ0) is 7.40. The third-order valence-corrected chi connectivity index (χ3v) is 2.05. The quantitative estimate of drug-likeness (QED) is 0.602. The van der Waals surface area contributed by atoms with E-state index in [-0.39, 0.29) is 0 Å². The first-order valence-electron chi connectivity index (χ1n) is 3.46. The summed E-state index contributed by atoms with van der Waals surface area (Å²) in [5, 5.41) is 2.73. The monoisotopic (exact) mass is 159 g/mol. The standard InChI is InChI=1S/C6H12N2OP/c7-10(9)8-6-4-2-1-3-5-6/h4H,1-3,5H2,(H3,7,8,9)/q+1. The Labute approximate surface area is 61.6 Å². The molecule has 1 rings (SSSR count). The fourth-order valence-electron chi connectivity index (χ4n) is 1.08. The molecule has 1 aliphatic carbocycles. The van der Waals surface area contributed by atoms with E-state index in [9.17, 15) is 4.57 Å². The first-order chi connectivity index (χ1) is 4.79. The van der Waals surface area contributed by atoms with Crippen LogP contribution in [-0.2, 0) is 4.57 Å². The fraction of sp³-hybridized carbons (Fsp3) is 0.667. The van der Waals surface area contributed by atoms with Crippen molar-refractivity contribution in [2.75, 3.05) is 0 Å². The van der Waals surface area contributed by atoms with Gasteiger partial charge in [-0.3, -0.25) is 0 Å². The molecule has 0 radical (unpaired) electrons. The zero-order valence-electron chi connectivity index (χ0n) is 5.84. The Kier molecular flexibility index (Phi) is 2.84. The molecule has 0 amide bonds. The van der Waals surface area contributed by atoms with E-state index in [2.05, 4.69) is 11.2 Å². The van der Waals surface area contributed by atoms with E-state index < -0.39 is 8.10 Å². The third-order valence-electron chi connectivity index (χ3n) is 1.54. The van der Waals surface area contributed by atoms with Crippen LogP contribution in [0.25, 0.3) is 0 Å². The van der Waals surface area contributed by atoms with E-state index >= 15 is 0 Å². The predicted octanol–water partition coefficient (Wildman–Crippen LogP) is 1.65. The van der Waals surface area contributed by atoms with Crippen LogP contribution >= 0.6 is 8.10 Å². The lowest BCUT2D eigenvalue weighted by atomic mass is 10.1. The summed E-state index contributed by atoms with van der Waals surface area (Å²) in [5.41, 5.74) is 6.13. The van der Waals surface area contributed by atoms with Crippen LogP contribution in [0.3, 0.4) is 0 Å². The van der Waals surface area contributed by atoms with Crippen molar-refractivity contribution in [2.45, 2.75) is 25.7 Å². The van der Waals surface area contributed by atoms with E-state index in [0.717, 1.165) is 18.5 Å². The van der Waals surface area contributed by atoms with Gasteiger partial charge in [0, 0.05) is 0 Å². The van der Waals surface area contributed by atoms with Gasteiger partial charge in [-0.05, 0) is 30.2 Å². The fourth-order valence-corrected chi connectivity index (χ4v) is 1.57. The molecule has 1 unspecified atom stereocenters. The molecule has 10 heavy (non-hydrogen) atoms. The summed E-state index contributed by atoms with van der Waals surface area (Å²) in [6.45, 7) is 0. The number of nitrogens with one attached hydrogen (secondary N) is 1. The Bertz CT molecular complexity index is 167. The molecule has 0 bridgehead atoms. The molecule has 1 atom stereocenters. The van der Waals surface area contributed by atoms with E-state index in [1.54, 1.807) is 0 Å². The van der Waals surface area contributed by atoms with Gasteiger partial charge in [0.05, 0.1) is 5.70 Å². The molecule has 0 aliphatic heterocycles. The topological polar surface area (TPSA) is 55.1 Å². The molecule has 0 saturated heterocycles. The smallest absolute Gasteiger partial charge is 0.167 e. The molecule has 0 aromatic carbocycles. The van der Waals surface area contributed by atoms with Gasteiger partial charge in [-0.25, -0.2) is 0 Å². The Hall–Kier alpha value is -0.400. The number of nitrogens with two attached hydrogens (primary N) is 1. The molecule has 1 aliphatic rings. The average molecular weight is 159 g/mol. The zero-order valence-corrected chi connectivity index (χ0v) is 6.73. The SMILES string of the molecule is N[P+](=O)NC1=CCCCC1. The first kappa shape index (κ1) is 7.70. The predicted molar refractivity (Wildman–Crippen MR) is 41.5 cm³/mol.